The summed E-state index contributed by atoms with van der Waals surface area (Å²) in [5.74, 6) is -10.6. The minimum Gasteiger partial charge on any atom is -0.480 e. The Labute approximate surface area is 532 Å². The molecule has 0 aromatic carbocycles. The second-order valence-corrected chi connectivity index (χ2v) is 25.0. The second-order valence-electron chi connectivity index (χ2n) is 25.0. The van der Waals surface area contributed by atoms with Crippen LogP contribution in [0.2, 0.25) is 0 Å². The van der Waals surface area contributed by atoms with E-state index in [0.29, 0.717) is 57.9 Å². The molecular formula is C60H114N16O14. The molecule has 518 valence electrons. The number of amides is 11. The van der Waals surface area contributed by atoms with Crippen molar-refractivity contribution in [3.05, 3.63) is 0 Å². The van der Waals surface area contributed by atoms with Crippen molar-refractivity contribution in [2.24, 2.45) is 52.3 Å². The van der Waals surface area contributed by atoms with Gasteiger partial charge in [0.05, 0.1) is 6.10 Å². The highest BCUT2D eigenvalue weighted by Crippen LogP contribution is 2.15. The molecule has 0 rings (SSSR count). The van der Waals surface area contributed by atoms with Gasteiger partial charge >= 0.3 is 5.97 Å². The lowest BCUT2D eigenvalue weighted by Crippen LogP contribution is -2.61. The van der Waals surface area contributed by atoms with Crippen LogP contribution in [0.5, 0.6) is 0 Å². The molecule has 0 bridgehead atoms. The molecule has 0 aliphatic heterocycles. The van der Waals surface area contributed by atoms with Crippen LogP contribution >= 0.6 is 0 Å². The normalized spacial score (nSPS) is 15.8. The van der Waals surface area contributed by atoms with Gasteiger partial charge in [-0.05, 0) is 174 Å². The summed E-state index contributed by atoms with van der Waals surface area (Å²) in [6.07, 6.45) is 3.03. The Balaban J connectivity index is 6.61. The standard InChI is InChI=1S/C60H114N16O14/c1-32(2)29-44(73-57(86)45(30-33(3)4)74-58(87)47(65)39(12)77)55(84)71-41(22-14-18-26-62)53(82)69-42(23-15-19-27-63)54(83)76-48(35(7)8)59(88)75-46(31-34(5)6)56(85)70-40(21-13-17-25-61)52(81)68-37(10)50(79)66-36(9)49(78)67-38(11)51(80)72-43(60(89)90)24-16-20-28-64/h32-48,77H,13-31,61-65H2,1-12H3,(H,66,79)(H,67,78)(H,68,81)(H,69,82)(H,70,85)(H,71,84)(H,72,80)(H,73,86)(H,74,87)(H,75,88)(H,76,83)(H,89,90)/t36-,37-,38-,39+,40-,41-,42-,43-,44-,45-,46-,47-,48-/m0/s1. The molecule has 0 saturated heterocycles. The van der Waals surface area contributed by atoms with Crippen LogP contribution in [0, 0.1) is 23.7 Å². The number of hydrogen-bond acceptors (Lipinski definition) is 18. The molecule has 30 nitrogen and oxygen atoms in total. The molecule has 0 saturated carbocycles. The third kappa shape index (κ3) is 33.5. The Kier molecular flexibility index (Phi) is 41.5. The fraction of sp³-hybridized carbons (Fsp3) is 0.800. The van der Waals surface area contributed by atoms with Gasteiger partial charge in [-0.15, -0.1) is 0 Å². The highest BCUT2D eigenvalue weighted by atomic mass is 16.4. The van der Waals surface area contributed by atoms with Crippen LogP contribution in [0.3, 0.4) is 0 Å². The van der Waals surface area contributed by atoms with E-state index in [4.69, 9.17) is 28.7 Å². The van der Waals surface area contributed by atoms with Gasteiger partial charge in [0.1, 0.15) is 72.5 Å². The number of nitrogens with one attached hydrogen (secondary N) is 11. The SMILES string of the molecule is CC(C)C[C@H](NC(=O)[C@H](CC(C)C)NC(=O)[C@@H](N)[C@@H](C)O)C(=O)N[C@@H](CCCCN)C(=O)N[C@@H](CCCCN)C(=O)N[C@H](C(=O)N[C@@H](CC(C)C)C(=O)N[C@@H](CCCCN)C(=O)N[C@@H](C)C(=O)N[C@@H](C)C(=O)N[C@@H](C)C(=O)N[C@@H](CCCCN)C(=O)O)C(C)C. The van der Waals surface area contributed by atoms with Crippen molar-refractivity contribution in [2.75, 3.05) is 26.2 Å². The van der Waals surface area contributed by atoms with E-state index in [-0.39, 0.29) is 82.3 Å². The summed E-state index contributed by atoms with van der Waals surface area (Å²) in [6.45, 7) is 20.8. The average molecular weight is 1280 g/mol. The van der Waals surface area contributed by atoms with Crippen molar-refractivity contribution >= 4 is 70.9 Å². The molecule has 0 fully saturated rings. The largest absolute Gasteiger partial charge is 0.480 e. The molecular weight excluding hydrogens is 1170 g/mol. The Morgan fingerprint density at radius 1 is 0.311 bits per heavy atom. The minimum absolute atomic E-state index is 0.0625. The van der Waals surface area contributed by atoms with E-state index in [1.54, 1.807) is 13.8 Å². The molecule has 0 aromatic heterocycles. The zero-order valence-electron chi connectivity index (χ0n) is 55.4. The Hall–Kier alpha value is -6.60. The highest BCUT2D eigenvalue weighted by molar-refractivity contribution is 5.99. The first-order chi connectivity index (χ1) is 42.1. The summed E-state index contributed by atoms with van der Waals surface area (Å²) in [4.78, 5) is 163. The van der Waals surface area contributed by atoms with Gasteiger partial charge < -0.3 is 97.4 Å². The number of nitrogens with two attached hydrogens (primary N) is 5. The number of carbonyl (C=O) groups excluding carboxylic acids is 11. The maximum Gasteiger partial charge on any atom is 0.326 e. The molecule has 0 spiro atoms. The van der Waals surface area contributed by atoms with Crippen molar-refractivity contribution in [3.8, 4) is 0 Å². The van der Waals surface area contributed by atoms with Crippen molar-refractivity contribution < 1.29 is 67.7 Å². The maximum absolute atomic E-state index is 14.4. The fourth-order valence-corrected chi connectivity index (χ4v) is 9.25. The van der Waals surface area contributed by atoms with Crippen molar-refractivity contribution in [2.45, 2.75) is 258 Å². The molecule has 13 atom stereocenters. The van der Waals surface area contributed by atoms with Gasteiger partial charge in [0.15, 0.2) is 0 Å². The smallest absolute Gasteiger partial charge is 0.326 e. The monoisotopic (exact) mass is 1280 g/mol. The molecule has 11 amide bonds. The predicted molar refractivity (Wildman–Crippen MR) is 340 cm³/mol. The number of hydrogen-bond donors (Lipinski definition) is 18. The van der Waals surface area contributed by atoms with E-state index in [1.807, 2.05) is 41.5 Å². The van der Waals surface area contributed by atoms with Crippen LogP contribution in [-0.4, -0.2) is 186 Å². The molecule has 0 aromatic rings. The number of aliphatic carboxylic acids is 1. The summed E-state index contributed by atoms with van der Waals surface area (Å²) in [5, 5.41) is 48.4. The molecule has 0 unspecified atom stereocenters. The maximum atomic E-state index is 14.4. The summed E-state index contributed by atoms with van der Waals surface area (Å²) < 4.78 is 0. The predicted octanol–water partition coefficient (Wildman–Crippen LogP) is -2.52. The zero-order valence-corrected chi connectivity index (χ0v) is 55.4. The van der Waals surface area contributed by atoms with E-state index >= 15 is 0 Å². The van der Waals surface area contributed by atoms with Gasteiger partial charge in [0.25, 0.3) is 0 Å². The van der Waals surface area contributed by atoms with Crippen LogP contribution in [0.1, 0.15) is 179 Å². The lowest BCUT2D eigenvalue weighted by molar-refractivity contribution is -0.142. The molecule has 0 heterocycles. The first-order valence-corrected chi connectivity index (χ1v) is 32.0. The molecule has 0 aliphatic carbocycles. The molecule has 90 heavy (non-hydrogen) atoms. The Bertz CT molecular complexity index is 2280. The number of unbranched alkanes of at least 4 members (excludes halogenated alkanes) is 4. The fourth-order valence-electron chi connectivity index (χ4n) is 9.25. The van der Waals surface area contributed by atoms with E-state index in [2.05, 4.69) is 58.5 Å². The van der Waals surface area contributed by atoms with Gasteiger partial charge in [0.2, 0.25) is 65.0 Å². The third-order valence-corrected chi connectivity index (χ3v) is 14.6. The number of rotatable bonds is 47. The Morgan fingerprint density at radius 2 is 0.556 bits per heavy atom. The molecule has 0 aliphatic rings. The van der Waals surface area contributed by atoms with Crippen LogP contribution in [0.4, 0.5) is 0 Å². The quantitative estimate of drug-likeness (QED) is 0.0280. The van der Waals surface area contributed by atoms with Crippen molar-refractivity contribution in [3.63, 3.8) is 0 Å². The topological polar surface area (TPSA) is 508 Å². The lowest BCUT2D eigenvalue weighted by Gasteiger charge is -2.30. The van der Waals surface area contributed by atoms with Crippen molar-refractivity contribution in [1.82, 2.24) is 58.5 Å². The average Bonchev–Trinajstić information content (AvgIpc) is 3.30. The second kappa shape index (κ2) is 44.8. The molecule has 23 N–H and O–H groups in total. The summed E-state index contributed by atoms with van der Waals surface area (Å²) in [7, 11) is 0. The van der Waals surface area contributed by atoms with E-state index in [1.165, 1.54) is 27.7 Å². The van der Waals surface area contributed by atoms with E-state index < -0.39 is 155 Å². The van der Waals surface area contributed by atoms with Crippen LogP contribution in [0.15, 0.2) is 0 Å². The van der Waals surface area contributed by atoms with Crippen LogP contribution in [-0.2, 0) is 57.5 Å². The van der Waals surface area contributed by atoms with Gasteiger partial charge in [-0.3, -0.25) is 52.7 Å². The number of carboxylic acid groups (broad SMARTS) is 1. The van der Waals surface area contributed by atoms with E-state index in [9.17, 15) is 67.7 Å². The third-order valence-electron chi connectivity index (χ3n) is 14.6. The van der Waals surface area contributed by atoms with Gasteiger partial charge in [-0.25, -0.2) is 4.79 Å². The number of carbonyl (C=O) groups is 12. The van der Waals surface area contributed by atoms with Gasteiger partial charge in [0, 0.05) is 0 Å². The first kappa shape index (κ1) is 83.4. The molecule has 0 radical (unpaired) electrons. The Morgan fingerprint density at radius 3 is 0.856 bits per heavy atom. The van der Waals surface area contributed by atoms with Crippen LogP contribution in [0.25, 0.3) is 0 Å². The highest BCUT2D eigenvalue weighted by Gasteiger charge is 2.37. The summed E-state index contributed by atoms with van der Waals surface area (Å²) in [5.41, 5.74) is 28.7. The lowest BCUT2D eigenvalue weighted by atomic mass is 9.98. The molecule has 30 heteroatoms. The van der Waals surface area contributed by atoms with Crippen molar-refractivity contribution in [1.29, 1.82) is 0 Å². The van der Waals surface area contributed by atoms with Crippen LogP contribution < -0.4 is 87.2 Å². The van der Waals surface area contributed by atoms with E-state index in [0.717, 1.165) is 0 Å². The summed E-state index contributed by atoms with van der Waals surface area (Å²) in [6, 6.07) is -14.8. The number of aliphatic hydroxyl groups is 1. The zero-order chi connectivity index (χ0) is 69.0. The number of carboxylic acids is 1. The van der Waals surface area contributed by atoms with Gasteiger partial charge in [-0.2, -0.15) is 0 Å². The van der Waals surface area contributed by atoms with Gasteiger partial charge in [-0.1, -0.05) is 55.4 Å². The number of aliphatic hydroxyl groups excluding tert-OH is 1. The first-order valence-electron chi connectivity index (χ1n) is 32.0. The minimum atomic E-state index is -1.32. The summed E-state index contributed by atoms with van der Waals surface area (Å²) >= 11 is 0.